The molecular weight excluding hydrogens is 200 g/mol. The van der Waals surface area contributed by atoms with Crippen LogP contribution in [0.25, 0.3) is 0 Å². The summed E-state index contributed by atoms with van der Waals surface area (Å²) in [5.74, 6) is -0.415. The summed E-state index contributed by atoms with van der Waals surface area (Å²) in [6, 6.07) is 3.41. The molecule has 1 aromatic rings. The summed E-state index contributed by atoms with van der Waals surface area (Å²) in [7, 11) is 0. The molecule has 76 valence electrons. The van der Waals surface area contributed by atoms with Crippen LogP contribution >= 0.6 is 11.8 Å². The summed E-state index contributed by atoms with van der Waals surface area (Å²) in [4.78, 5) is 15.5. The second kappa shape index (κ2) is 3.88. The highest BCUT2D eigenvalue weighted by Crippen LogP contribution is 2.32. The van der Waals surface area contributed by atoms with Gasteiger partial charge in [0.2, 0.25) is 0 Å². The van der Waals surface area contributed by atoms with Crippen LogP contribution in [0.4, 0.5) is 5.82 Å². The Kier molecular flexibility index (Phi) is 3.00. The minimum atomic E-state index is -0.849. The maximum atomic E-state index is 10.8. The number of hydrogen-bond acceptors (Lipinski definition) is 4. The molecule has 0 fully saturated rings. The number of carboxylic acids is 1. The number of aliphatic carboxylic acids is 1. The first-order valence-electron chi connectivity index (χ1n) is 4.06. The summed E-state index contributed by atoms with van der Waals surface area (Å²) in [5.41, 5.74) is 5.41. The van der Waals surface area contributed by atoms with Crippen molar-refractivity contribution in [3.8, 4) is 0 Å². The van der Waals surface area contributed by atoms with Crippen molar-refractivity contribution in [2.75, 3.05) is 5.73 Å². The zero-order chi connectivity index (χ0) is 10.8. The topological polar surface area (TPSA) is 76.2 Å². The third-order valence-electron chi connectivity index (χ3n) is 1.65. The van der Waals surface area contributed by atoms with Crippen LogP contribution < -0.4 is 5.73 Å². The molecule has 0 aliphatic carbocycles. The minimum Gasteiger partial charge on any atom is -0.480 e. The molecule has 0 aliphatic heterocycles. The van der Waals surface area contributed by atoms with Crippen LogP contribution in [0.3, 0.4) is 0 Å². The van der Waals surface area contributed by atoms with Gasteiger partial charge in [-0.1, -0.05) is 0 Å². The van der Waals surface area contributed by atoms with Crippen LogP contribution in [0.5, 0.6) is 0 Å². The Morgan fingerprint density at radius 2 is 2.21 bits per heavy atom. The number of hydrogen-bond donors (Lipinski definition) is 2. The van der Waals surface area contributed by atoms with Gasteiger partial charge in [-0.2, -0.15) is 0 Å². The number of nitrogen functional groups attached to an aromatic ring is 1. The van der Waals surface area contributed by atoms with E-state index in [9.17, 15) is 4.79 Å². The van der Waals surface area contributed by atoms with Gasteiger partial charge in [0.25, 0.3) is 0 Å². The van der Waals surface area contributed by atoms with E-state index >= 15 is 0 Å². The Morgan fingerprint density at radius 1 is 1.57 bits per heavy atom. The van der Waals surface area contributed by atoms with Gasteiger partial charge in [0, 0.05) is 11.1 Å². The van der Waals surface area contributed by atoms with E-state index < -0.39 is 10.7 Å². The third-order valence-corrected chi connectivity index (χ3v) is 2.81. The molecule has 1 heterocycles. The summed E-state index contributed by atoms with van der Waals surface area (Å²) in [6.45, 7) is 3.30. The molecule has 0 bridgehead atoms. The fraction of sp³-hybridized carbons (Fsp3) is 0.333. The quantitative estimate of drug-likeness (QED) is 0.744. The van der Waals surface area contributed by atoms with E-state index in [1.54, 1.807) is 32.2 Å². The zero-order valence-corrected chi connectivity index (χ0v) is 8.84. The van der Waals surface area contributed by atoms with E-state index in [-0.39, 0.29) is 0 Å². The fourth-order valence-electron chi connectivity index (χ4n) is 0.790. The average molecular weight is 212 g/mol. The van der Waals surface area contributed by atoms with Gasteiger partial charge in [0.1, 0.15) is 10.6 Å². The number of anilines is 1. The van der Waals surface area contributed by atoms with Crippen LogP contribution in [0.2, 0.25) is 0 Å². The van der Waals surface area contributed by atoms with Gasteiger partial charge in [-0.15, -0.1) is 11.8 Å². The first-order valence-corrected chi connectivity index (χ1v) is 4.87. The molecule has 0 saturated carbocycles. The summed E-state index contributed by atoms with van der Waals surface area (Å²) >= 11 is 1.25. The lowest BCUT2D eigenvalue weighted by atomic mass is 10.2. The number of carboxylic acid groups (broad SMARTS) is 1. The minimum absolute atomic E-state index is 0.433. The maximum Gasteiger partial charge on any atom is 0.319 e. The standard InChI is InChI=1S/C9H12N2O2S/c1-9(2,8(12)13)14-6-3-4-7(10)11-5-6/h3-5H,1-2H3,(H2,10,11)(H,12,13). The van der Waals surface area contributed by atoms with Crippen molar-refractivity contribution >= 4 is 23.5 Å². The van der Waals surface area contributed by atoms with E-state index in [0.717, 1.165) is 4.90 Å². The molecule has 0 saturated heterocycles. The van der Waals surface area contributed by atoms with Crippen molar-refractivity contribution < 1.29 is 9.90 Å². The summed E-state index contributed by atoms with van der Waals surface area (Å²) < 4.78 is -0.849. The lowest BCUT2D eigenvalue weighted by Gasteiger charge is -2.17. The van der Waals surface area contributed by atoms with Crippen molar-refractivity contribution in [3.05, 3.63) is 18.3 Å². The van der Waals surface area contributed by atoms with Crippen LogP contribution in [-0.2, 0) is 4.79 Å². The SMILES string of the molecule is CC(C)(Sc1ccc(N)nc1)C(=O)O. The number of pyridine rings is 1. The van der Waals surface area contributed by atoms with E-state index in [0.29, 0.717) is 5.82 Å². The number of thioether (sulfide) groups is 1. The van der Waals surface area contributed by atoms with Crippen LogP contribution in [0.15, 0.2) is 23.2 Å². The maximum absolute atomic E-state index is 10.8. The second-order valence-corrected chi connectivity index (χ2v) is 5.03. The molecule has 1 aromatic heterocycles. The molecule has 0 atom stereocenters. The largest absolute Gasteiger partial charge is 0.480 e. The third kappa shape index (κ3) is 2.63. The van der Waals surface area contributed by atoms with Crippen molar-refractivity contribution in [1.29, 1.82) is 0 Å². The highest BCUT2D eigenvalue weighted by Gasteiger charge is 2.28. The Labute approximate surface area is 86.5 Å². The monoisotopic (exact) mass is 212 g/mol. The van der Waals surface area contributed by atoms with Crippen LogP contribution in [0, 0.1) is 0 Å². The highest BCUT2D eigenvalue weighted by molar-refractivity contribution is 8.01. The van der Waals surface area contributed by atoms with Gasteiger partial charge in [-0.25, -0.2) is 4.98 Å². The van der Waals surface area contributed by atoms with Gasteiger partial charge in [0.05, 0.1) is 0 Å². The van der Waals surface area contributed by atoms with E-state index in [2.05, 4.69) is 4.98 Å². The second-order valence-electron chi connectivity index (χ2n) is 3.34. The molecule has 0 unspecified atom stereocenters. The number of carbonyl (C=O) groups is 1. The molecule has 14 heavy (non-hydrogen) atoms. The van der Waals surface area contributed by atoms with Crippen molar-refractivity contribution in [3.63, 3.8) is 0 Å². The number of rotatable bonds is 3. The lowest BCUT2D eigenvalue weighted by Crippen LogP contribution is -2.26. The molecule has 3 N–H and O–H groups in total. The Bertz CT molecular complexity index is 335. The highest BCUT2D eigenvalue weighted by atomic mass is 32.2. The first kappa shape index (κ1) is 10.8. The molecular formula is C9H12N2O2S. The Balaban J connectivity index is 2.79. The van der Waals surface area contributed by atoms with Crippen LogP contribution in [-0.4, -0.2) is 20.8 Å². The molecule has 0 aromatic carbocycles. The summed E-state index contributed by atoms with van der Waals surface area (Å²) in [6.07, 6.45) is 1.57. The molecule has 0 aliphatic rings. The van der Waals surface area contributed by atoms with Crippen molar-refractivity contribution in [2.45, 2.75) is 23.5 Å². The van der Waals surface area contributed by atoms with Gasteiger partial charge in [-0.3, -0.25) is 4.79 Å². The van der Waals surface area contributed by atoms with Gasteiger partial charge in [0.15, 0.2) is 0 Å². The van der Waals surface area contributed by atoms with E-state index in [4.69, 9.17) is 10.8 Å². The summed E-state index contributed by atoms with van der Waals surface area (Å²) in [5, 5.41) is 8.89. The van der Waals surface area contributed by atoms with Gasteiger partial charge in [-0.05, 0) is 26.0 Å². The van der Waals surface area contributed by atoms with Crippen LogP contribution in [0.1, 0.15) is 13.8 Å². The zero-order valence-electron chi connectivity index (χ0n) is 8.02. The normalized spacial score (nSPS) is 11.3. The number of nitrogens with zero attached hydrogens (tertiary/aromatic N) is 1. The average Bonchev–Trinajstić information content (AvgIpc) is 2.08. The molecule has 0 amide bonds. The molecule has 0 spiro atoms. The van der Waals surface area contributed by atoms with E-state index in [1.165, 1.54) is 11.8 Å². The Morgan fingerprint density at radius 3 is 2.64 bits per heavy atom. The van der Waals surface area contributed by atoms with Crippen molar-refractivity contribution in [1.82, 2.24) is 4.98 Å². The molecule has 5 heteroatoms. The van der Waals surface area contributed by atoms with E-state index in [1.807, 2.05) is 0 Å². The fourth-order valence-corrected chi connectivity index (χ4v) is 1.71. The van der Waals surface area contributed by atoms with Gasteiger partial charge < -0.3 is 10.8 Å². The molecule has 1 rings (SSSR count). The predicted octanol–water partition coefficient (Wildman–Crippen LogP) is 1.62. The molecule has 0 radical (unpaired) electrons. The van der Waals surface area contributed by atoms with Crippen molar-refractivity contribution in [2.24, 2.45) is 0 Å². The molecule has 4 nitrogen and oxygen atoms in total. The lowest BCUT2D eigenvalue weighted by molar-refractivity contribution is -0.138. The number of aromatic nitrogens is 1. The first-order chi connectivity index (χ1) is 6.42. The predicted molar refractivity (Wildman–Crippen MR) is 56.2 cm³/mol. The smallest absolute Gasteiger partial charge is 0.319 e. The van der Waals surface area contributed by atoms with Gasteiger partial charge >= 0.3 is 5.97 Å². The Hall–Kier alpha value is -1.23. The number of nitrogens with two attached hydrogens (primary N) is 1.